The van der Waals surface area contributed by atoms with E-state index in [-0.39, 0.29) is 10.8 Å². The van der Waals surface area contributed by atoms with E-state index in [0.29, 0.717) is 11.3 Å². The van der Waals surface area contributed by atoms with Gasteiger partial charge >= 0.3 is 5.97 Å². The number of hydrogen-bond acceptors (Lipinski definition) is 2. The first kappa shape index (κ1) is 15.1. The lowest BCUT2D eigenvalue weighted by Gasteiger charge is -2.10. The van der Waals surface area contributed by atoms with Crippen LogP contribution in [0.2, 0.25) is 5.02 Å². The Balaban J connectivity index is 2.25. The molecule has 0 unspecified atom stereocenters. The monoisotopic (exact) mass is 306 g/mol. The van der Waals surface area contributed by atoms with E-state index in [1.54, 1.807) is 31.2 Å². The number of hydrogen-bond donors (Lipinski definition) is 1. The molecule has 0 fully saturated rings. The van der Waals surface area contributed by atoms with Gasteiger partial charge in [0.05, 0.1) is 5.02 Å². The smallest absolute Gasteiger partial charge is 0.328 e. The highest BCUT2D eigenvalue weighted by Gasteiger charge is 2.09. The van der Waals surface area contributed by atoms with Crippen LogP contribution in [0.1, 0.15) is 11.1 Å². The second-order valence-corrected chi connectivity index (χ2v) is 4.76. The fraction of sp³-hybridized carbons (Fsp3) is 0.0625. The van der Waals surface area contributed by atoms with Crippen LogP contribution in [0, 0.1) is 12.7 Å². The number of carboxylic acid groups (broad SMARTS) is 1. The number of aliphatic carboxylic acids is 1. The summed E-state index contributed by atoms with van der Waals surface area (Å²) in [5.41, 5.74) is 1.47. The van der Waals surface area contributed by atoms with Crippen LogP contribution in [0.5, 0.6) is 11.5 Å². The molecule has 0 aliphatic heterocycles. The second kappa shape index (κ2) is 6.41. The number of halogens is 2. The molecule has 0 saturated heterocycles. The first-order chi connectivity index (χ1) is 9.97. The van der Waals surface area contributed by atoms with Crippen LogP contribution >= 0.6 is 11.6 Å². The van der Waals surface area contributed by atoms with Gasteiger partial charge in [0.1, 0.15) is 5.75 Å². The summed E-state index contributed by atoms with van der Waals surface area (Å²) in [7, 11) is 0. The summed E-state index contributed by atoms with van der Waals surface area (Å²) in [6.07, 6.45) is 2.52. The molecule has 108 valence electrons. The zero-order valence-corrected chi connectivity index (χ0v) is 11.9. The van der Waals surface area contributed by atoms with E-state index < -0.39 is 11.8 Å². The lowest BCUT2D eigenvalue weighted by Crippen LogP contribution is -1.92. The third kappa shape index (κ3) is 3.83. The molecule has 2 aromatic carbocycles. The predicted octanol–water partition coefficient (Wildman–Crippen LogP) is 4.68. The van der Waals surface area contributed by atoms with E-state index in [1.807, 2.05) is 0 Å². The molecule has 2 rings (SSSR count). The van der Waals surface area contributed by atoms with E-state index >= 15 is 0 Å². The molecule has 5 heteroatoms. The Morgan fingerprint density at radius 1 is 1.29 bits per heavy atom. The Morgan fingerprint density at radius 2 is 2.05 bits per heavy atom. The van der Waals surface area contributed by atoms with Gasteiger partial charge in [-0.3, -0.25) is 0 Å². The molecular formula is C16H12ClFO3. The van der Waals surface area contributed by atoms with Crippen LogP contribution in [-0.4, -0.2) is 11.1 Å². The quantitative estimate of drug-likeness (QED) is 0.834. The van der Waals surface area contributed by atoms with Crippen molar-refractivity contribution in [1.29, 1.82) is 0 Å². The van der Waals surface area contributed by atoms with Crippen LogP contribution in [-0.2, 0) is 4.79 Å². The van der Waals surface area contributed by atoms with Crippen LogP contribution in [0.15, 0.2) is 42.5 Å². The average molecular weight is 307 g/mol. The first-order valence-corrected chi connectivity index (χ1v) is 6.48. The van der Waals surface area contributed by atoms with Gasteiger partial charge in [-0.05, 0) is 48.4 Å². The normalized spacial score (nSPS) is 10.8. The Labute approximate surface area is 126 Å². The molecule has 2 aromatic rings. The summed E-state index contributed by atoms with van der Waals surface area (Å²) in [4.78, 5) is 10.5. The minimum absolute atomic E-state index is 0.00818. The van der Waals surface area contributed by atoms with E-state index in [2.05, 4.69) is 0 Å². The van der Waals surface area contributed by atoms with Crippen LogP contribution < -0.4 is 4.74 Å². The van der Waals surface area contributed by atoms with E-state index in [9.17, 15) is 9.18 Å². The molecule has 0 aliphatic carbocycles. The van der Waals surface area contributed by atoms with Gasteiger partial charge in [0.25, 0.3) is 0 Å². The molecule has 21 heavy (non-hydrogen) atoms. The molecule has 0 bridgehead atoms. The van der Waals surface area contributed by atoms with Crippen LogP contribution in [0.3, 0.4) is 0 Å². The molecule has 1 N–H and O–H groups in total. The molecule has 0 saturated carbocycles. The van der Waals surface area contributed by atoms with Crippen molar-refractivity contribution in [3.8, 4) is 11.5 Å². The number of aryl methyl sites for hydroxylation is 1. The van der Waals surface area contributed by atoms with Crippen molar-refractivity contribution in [3.05, 3.63) is 64.4 Å². The molecule has 0 heterocycles. The summed E-state index contributed by atoms with van der Waals surface area (Å²) in [6, 6.07) is 9.61. The Hall–Kier alpha value is -2.33. The van der Waals surface area contributed by atoms with E-state index in [4.69, 9.17) is 21.4 Å². The zero-order chi connectivity index (χ0) is 15.4. The number of benzene rings is 2. The molecule has 0 spiro atoms. The summed E-state index contributed by atoms with van der Waals surface area (Å²) in [5.74, 6) is -1.12. The predicted molar refractivity (Wildman–Crippen MR) is 79.3 cm³/mol. The standard InChI is InChI=1S/C16H12ClFO3/c1-10-9-11(6-8-15(19)20)5-7-13(10)21-14-4-2-3-12(17)16(14)18/h2-9H,1H3,(H,19,20)/b8-6+. The number of rotatable bonds is 4. The van der Waals surface area contributed by atoms with Gasteiger partial charge < -0.3 is 9.84 Å². The number of carboxylic acids is 1. The van der Waals surface area contributed by atoms with E-state index in [1.165, 1.54) is 18.2 Å². The molecule has 0 atom stereocenters. The van der Waals surface area contributed by atoms with Crippen molar-refractivity contribution < 1.29 is 19.0 Å². The Morgan fingerprint density at radius 3 is 2.71 bits per heavy atom. The van der Waals surface area contributed by atoms with Crippen molar-refractivity contribution in [2.24, 2.45) is 0 Å². The van der Waals surface area contributed by atoms with Crippen LogP contribution in [0.4, 0.5) is 4.39 Å². The first-order valence-electron chi connectivity index (χ1n) is 6.11. The van der Waals surface area contributed by atoms with Crippen molar-refractivity contribution in [1.82, 2.24) is 0 Å². The van der Waals surface area contributed by atoms with Gasteiger partial charge in [-0.25, -0.2) is 9.18 Å². The molecule has 0 aromatic heterocycles. The maximum absolute atomic E-state index is 13.8. The van der Waals surface area contributed by atoms with Gasteiger partial charge in [0.2, 0.25) is 0 Å². The van der Waals surface area contributed by atoms with Crippen molar-refractivity contribution >= 4 is 23.6 Å². The maximum Gasteiger partial charge on any atom is 0.328 e. The summed E-state index contributed by atoms with van der Waals surface area (Å²) in [6.45, 7) is 1.79. The fourth-order valence-electron chi connectivity index (χ4n) is 1.74. The minimum atomic E-state index is -1.02. The average Bonchev–Trinajstić information content (AvgIpc) is 2.44. The van der Waals surface area contributed by atoms with E-state index in [0.717, 1.165) is 11.6 Å². The highest BCUT2D eigenvalue weighted by molar-refractivity contribution is 6.30. The highest BCUT2D eigenvalue weighted by Crippen LogP contribution is 2.30. The van der Waals surface area contributed by atoms with Crippen molar-refractivity contribution in [2.75, 3.05) is 0 Å². The largest absolute Gasteiger partial charge is 0.478 e. The van der Waals surface area contributed by atoms with Crippen molar-refractivity contribution in [2.45, 2.75) is 6.92 Å². The van der Waals surface area contributed by atoms with Crippen molar-refractivity contribution in [3.63, 3.8) is 0 Å². The lowest BCUT2D eigenvalue weighted by molar-refractivity contribution is -0.131. The molecule has 3 nitrogen and oxygen atoms in total. The lowest BCUT2D eigenvalue weighted by atomic mass is 10.1. The number of ether oxygens (including phenoxy) is 1. The van der Waals surface area contributed by atoms with Gasteiger partial charge in [0, 0.05) is 6.08 Å². The summed E-state index contributed by atoms with van der Waals surface area (Å²) in [5, 5.41) is 8.58. The fourth-order valence-corrected chi connectivity index (χ4v) is 1.91. The molecule has 0 amide bonds. The van der Waals surface area contributed by atoms with Gasteiger partial charge in [-0.15, -0.1) is 0 Å². The van der Waals surface area contributed by atoms with Crippen LogP contribution in [0.25, 0.3) is 6.08 Å². The maximum atomic E-state index is 13.8. The van der Waals surface area contributed by atoms with Gasteiger partial charge in [0.15, 0.2) is 11.6 Å². The molecule has 0 aliphatic rings. The highest BCUT2D eigenvalue weighted by atomic mass is 35.5. The summed E-state index contributed by atoms with van der Waals surface area (Å²) < 4.78 is 19.3. The zero-order valence-electron chi connectivity index (χ0n) is 11.1. The third-order valence-corrected chi connectivity index (χ3v) is 3.05. The Kier molecular flexibility index (Phi) is 4.60. The Bertz CT molecular complexity index is 711. The van der Waals surface area contributed by atoms with Gasteiger partial charge in [-0.2, -0.15) is 0 Å². The minimum Gasteiger partial charge on any atom is -0.478 e. The topological polar surface area (TPSA) is 46.5 Å². The third-order valence-electron chi connectivity index (χ3n) is 2.75. The second-order valence-electron chi connectivity index (χ2n) is 4.35. The summed E-state index contributed by atoms with van der Waals surface area (Å²) >= 11 is 5.70. The molecule has 0 radical (unpaired) electrons. The SMILES string of the molecule is Cc1cc(/C=C/C(=O)O)ccc1Oc1cccc(Cl)c1F. The molecular weight excluding hydrogens is 295 g/mol. The van der Waals surface area contributed by atoms with Gasteiger partial charge in [-0.1, -0.05) is 23.7 Å². The number of carbonyl (C=O) groups is 1.